The number of carboxylic acids is 1. The first kappa shape index (κ1) is 16.3. The Bertz CT molecular complexity index is 703. The summed E-state index contributed by atoms with van der Waals surface area (Å²) in [6.45, 7) is 3.17. The number of hydrogen-bond acceptors (Lipinski definition) is 4. The van der Waals surface area contributed by atoms with Gasteiger partial charge in [-0.3, -0.25) is 0 Å². The van der Waals surface area contributed by atoms with Crippen molar-refractivity contribution in [3.63, 3.8) is 0 Å². The van der Waals surface area contributed by atoms with Crippen LogP contribution < -0.4 is 15.5 Å². The zero-order valence-electron chi connectivity index (χ0n) is 13.2. The van der Waals surface area contributed by atoms with Crippen molar-refractivity contribution in [1.29, 1.82) is 0 Å². The average Bonchev–Trinajstić information content (AvgIpc) is 2.61. The molecule has 0 spiro atoms. The number of carbonyl (C=O) groups is 1. The number of rotatable bonds is 5. The fraction of sp³-hybridized carbons (Fsp3) is 0.278. The summed E-state index contributed by atoms with van der Waals surface area (Å²) in [5.74, 6) is -1.35. The third-order valence-electron chi connectivity index (χ3n) is 4.10. The Kier molecular flexibility index (Phi) is 4.96. The van der Waals surface area contributed by atoms with E-state index in [9.17, 15) is 14.3 Å². The molecule has 1 atom stereocenters. The van der Waals surface area contributed by atoms with Crippen LogP contribution in [0.1, 0.15) is 11.6 Å². The van der Waals surface area contributed by atoms with E-state index in [-0.39, 0.29) is 5.82 Å². The van der Waals surface area contributed by atoms with E-state index in [4.69, 9.17) is 0 Å². The Morgan fingerprint density at radius 3 is 2.50 bits per heavy atom. The van der Waals surface area contributed by atoms with Crippen LogP contribution >= 0.6 is 0 Å². The second-order valence-corrected chi connectivity index (χ2v) is 5.73. The van der Waals surface area contributed by atoms with Crippen LogP contribution in [0.3, 0.4) is 0 Å². The Hall–Kier alpha value is -2.60. The van der Waals surface area contributed by atoms with Crippen LogP contribution in [0.4, 0.5) is 15.8 Å². The number of halogens is 1. The molecule has 3 N–H and O–H groups in total. The molecular formula is C18H20FN3O2. The maximum Gasteiger partial charge on any atom is 0.330 e. The predicted octanol–water partition coefficient (Wildman–Crippen LogP) is 2.47. The summed E-state index contributed by atoms with van der Waals surface area (Å²) < 4.78 is 14.4. The lowest BCUT2D eigenvalue weighted by Crippen LogP contribution is -2.43. The molecule has 2 aromatic rings. The molecule has 0 aromatic heterocycles. The number of piperazine rings is 1. The SMILES string of the molecule is O=C(O)C(Nc1ccc(N2CCNCC2)c(F)c1)c1ccccc1. The van der Waals surface area contributed by atoms with Gasteiger partial charge in [-0.15, -0.1) is 0 Å². The number of nitrogens with zero attached hydrogens (tertiary/aromatic N) is 1. The van der Waals surface area contributed by atoms with E-state index in [0.29, 0.717) is 16.9 Å². The lowest BCUT2D eigenvalue weighted by atomic mass is 10.1. The van der Waals surface area contributed by atoms with E-state index >= 15 is 0 Å². The molecule has 1 aliphatic heterocycles. The first-order valence-corrected chi connectivity index (χ1v) is 7.94. The van der Waals surface area contributed by atoms with Gasteiger partial charge in [-0.25, -0.2) is 9.18 Å². The maximum absolute atomic E-state index is 14.4. The highest BCUT2D eigenvalue weighted by Crippen LogP contribution is 2.26. The zero-order chi connectivity index (χ0) is 16.9. The van der Waals surface area contributed by atoms with Gasteiger partial charge >= 0.3 is 5.97 Å². The van der Waals surface area contributed by atoms with Crippen molar-refractivity contribution < 1.29 is 14.3 Å². The summed E-state index contributed by atoms with van der Waals surface area (Å²) in [5, 5.41) is 15.6. The third-order valence-corrected chi connectivity index (χ3v) is 4.10. The van der Waals surface area contributed by atoms with Crippen LogP contribution in [0.25, 0.3) is 0 Å². The number of benzene rings is 2. The minimum Gasteiger partial charge on any atom is -0.479 e. The molecule has 0 saturated carbocycles. The van der Waals surface area contributed by atoms with Gasteiger partial charge in [0, 0.05) is 31.9 Å². The van der Waals surface area contributed by atoms with Crippen molar-refractivity contribution in [2.75, 3.05) is 36.4 Å². The van der Waals surface area contributed by atoms with E-state index in [1.807, 2.05) is 11.0 Å². The molecule has 0 aliphatic carbocycles. The molecule has 3 rings (SSSR count). The van der Waals surface area contributed by atoms with Gasteiger partial charge in [0.2, 0.25) is 0 Å². The average molecular weight is 329 g/mol. The maximum atomic E-state index is 14.4. The van der Waals surface area contributed by atoms with Gasteiger partial charge in [0.1, 0.15) is 5.82 Å². The molecule has 1 aliphatic rings. The summed E-state index contributed by atoms with van der Waals surface area (Å²) >= 11 is 0. The molecular weight excluding hydrogens is 309 g/mol. The molecule has 0 radical (unpaired) electrons. The molecule has 2 aromatic carbocycles. The number of carboxylic acid groups (broad SMARTS) is 1. The second-order valence-electron chi connectivity index (χ2n) is 5.73. The third kappa shape index (κ3) is 3.65. The monoisotopic (exact) mass is 329 g/mol. The number of anilines is 2. The molecule has 24 heavy (non-hydrogen) atoms. The highest BCUT2D eigenvalue weighted by molar-refractivity contribution is 5.79. The number of aliphatic carboxylic acids is 1. The van der Waals surface area contributed by atoms with Crippen LogP contribution in [0.2, 0.25) is 0 Å². The lowest BCUT2D eigenvalue weighted by molar-refractivity contribution is -0.138. The smallest absolute Gasteiger partial charge is 0.330 e. The van der Waals surface area contributed by atoms with Gasteiger partial charge in [0.05, 0.1) is 5.69 Å². The van der Waals surface area contributed by atoms with Gasteiger partial charge in [0.15, 0.2) is 6.04 Å². The van der Waals surface area contributed by atoms with Crippen LogP contribution in [0.5, 0.6) is 0 Å². The zero-order valence-corrected chi connectivity index (χ0v) is 13.2. The van der Waals surface area contributed by atoms with E-state index in [0.717, 1.165) is 26.2 Å². The largest absolute Gasteiger partial charge is 0.479 e. The van der Waals surface area contributed by atoms with Crippen molar-refractivity contribution in [3.8, 4) is 0 Å². The topological polar surface area (TPSA) is 64.6 Å². The summed E-state index contributed by atoms with van der Waals surface area (Å²) in [4.78, 5) is 13.5. The van der Waals surface area contributed by atoms with Crippen molar-refractivity contribution >= 4 is 17.3 Å². The minimum absolute atomic E-state index is 0.348. The van der Waals surface area contributed by atoms with Crippen LogP contribution in [-0.2, 0) is 4.79 Å². The summed E-state index contributed by atoms with van der Waals surface area (Å²) in [6.07, 6.45) is 0. The van der Waals surface area contributed by atoms with Crippen LogP contribution in [0, 0.1) is 5.82 Å². The summed E-state index contributed by atoms with van der Waals surface area (Å²) in [6, 6.07) is 12.7. The van der Waals surface area contributed by atoms with Crippen LogP contribution in [0.15, 0.2) is 48.5 Å². The van der Waals surface area contributed by atoms with Gasteiger partial charge in [-0.1, -0.05) is 30.3 Å². The molecule has 0 amide bonds. The predicted molar refractivity (Wildman–Crippen MR) is 91.9 cm³/mol. The van der Waals surface area contributed by atoms with Gasteiger partial charge in [-0.2, -0.15) is 0 Å². The number of nitrogens with one attached hydrogen (secondary N) is 2. The van der Waals surface area contributed by atoms with E-state index in [1.54, 1.807) is 36.4 Å². The quantitative estimate of drug-likeness (QED) is 0.786. The van der Waals surface area contributed by atoms with E-state index in [1.165, 1.54) is 6.07 Å². The Morgan fingerprint density at radius 1 is 1.17 bits per heavy atom. The normalized spacial score (nSPS) is 15.8. The van der Waals surface area contributed by atoms with Gasteiger partial charge in [0.25, 0.3) is 0 Å². The van der Waals surface area contributed by atoms with Crippen molar-refractivity contribution in [2.45, 2.75) is 6.04 Å². The Balaban J connectivity index is 1.79. The molecule has 1 saturated heterocycles. The lowest BCUT2D eigenvalue weighted by Gasteiger charge is -2.30. The van der Waals surface area contributed by atoms with Gasteiger partial charge < -0.3 is 20.6 Å². The molecule has 126 valence electrons. The highest BCUT2D eigenvalue weighted by Gasteiger charge is 2.20. The first-order valence-electron chi connectivity index (χ1n) is 7.94. The molecule has 1 unspecified atom stereocenters. The summed E-state index contributed by atoms with van der Waals surface area (Å²) in [7, 11) is 0. The minimum atomic E-state index is -1.01. The first-order chi connectivity index (χ1) is 11.6. The van der Waals surface area contributed by atoms with Crippen LogP contribution in [-0.4, -0.2) is 37.3 Å². The second kappa shape index (κ2) is 7.31. The molecule has 0 bridgehead atoms. The highest BCUT2D eigenvalue weighted by atomic mass is 19.1. The van der Waals surface area contributed by atoms with E-state index < -0.39 is 12.0 Å². The Labute approximate surface area is 140 Å². The number of hydrogen-bond donors (Lipinski definition) is 3. The molecule has 6 heteroatoms. The molecule has 1 heterocycles. The molecule has 5 nitrogen and oxygen atoms in total. The van der Waals surface area contributed by atoms with Crippen molar-refractivity contribution in [3.05, 3.63) is 59.9 Å². The van der Waals surface area contributed by atoms with Crippen molar-refractivity contribution in [1.82, 2.24) is 5.32 Å². The summed E-state index contributed by atoms with van der Waals surface area (Å²) in [5.41, 5.74) is 1.62. The fourth-order valence-corrected chi connectivity index (χ4v) is 2.86. The van der Waals surface area contributed by atoms with Crippen molar-refractivity contribution in [2.24, 2.45) is 0 Å². The standard InChI is InChI=1S/C18H20FN3O2/c19-15-12-14(6-7-16(15)22-10-8-20-9-11-22)21-17(18(23)24)13-4-2-1-3-5-13/h1-7,12,17,20-21H,8-11H2,(H,23,24). The van der Waals surface area contributed by atoms with E-state index in [2.05, 4.69) is 10.6 Å². The fourth-order valence-electron chi connectivity index (χ4n) is 2.86. The molecule has 1 fully saturated rings. The Morgan fingerprint density at radius 2 is 1.88 bits per heavy atom. The van der Waals surface area contributed by atoms with Gasteiger partial charge in [-0.05, 0) is 23.8 Å².